The van der Waals surface area contributed by atoms with E-state index in [2.05, 4.69) is 69.1 Å². The van der Waals surface area contributed by atoms with Gasteiger partial charge in [-0.3, -0.25) is 4.99 Å². The van der Waals surface area contributed by atoms with Gasteiger partial charge in [0.1, 0.15) is 0 Å². The summed E-state index contributed by atoms with van der Waals surface area (Å²) in [6.07, 6.45) is 9.49. The highest BCUT2D eigenvalue weighted by atomic mass is 16.5. The average molecular weight is 410 g/mol. The van der Waals surface area contributed by atoms with E-state index in [4.69, 9.17) is 4.74 Å². The minimum absolute atomic E-state index is 0.157. The SMILES string of the molecule is CN=C(NCC1CCCOC1c1ccc(C)cc1)N1CCC(C)C(n2ccnc2)C1. The Labute approximate surface area is 180 Å². The van der Waals surface area contributed by atoms with Gasteiger partial charge in [-0.25, -0.2) is 4.98 Å². The van der Waals surface area contributed by atoms with E-state index >= 15 is 0 Å². The van der Waals surface area contributed by atoms with Crippen LogP contribution < -0.4 is 5.32 Å². The molecule has 0 aliphatic carbocycles. The summed E-state index contributed by atoms with van der Waals surface area (Å²) in [6, 6.07) is 9.23. The van der Waals surface area contributed by atoms with Crippen molar-refractivity contribution in [1.29, 1.82) is 0 Å². The third-order valence-corrected chi connectivity index (χ3v) is 6.71. The summed E-state index contributed by atoms with van der Waals surface area (Å²) in [7, 11) is 1.89. The van der Waals surface area contributed by atoms with Crippen molar-refractivity contribution in [1.82, 2.24) is 19.8 Å². The molecule has 2 aromatic rings. The van der Waals surface area contributed by atoms with E-state index in [1.807, 2.05) is 19.6 Å². The summed E-state index contributed by atoms with van der Waals surface area (Å²) in [5.74, 6) is 2.08. The summed E-state index contributed by atoms with van der Waals surface area (Å²) in [5, 5.41) is 3.67. The van der Waals surface area contributed by atoms with Crippen molar-refractivity contribution in [3.05, 3.63) is 54.1 Å². The van der Waals surface area contributed by atoms with E-state index in [0.29, 0.717) is 17.9 Å². The minimum Gasteiger partial charge on any atom is -0.373 e. The second kappa shape index (κ2) is 9.65. The molecular weight excluding hydrogens is 374 g/mol. The van der Waals surface area contributed by atoms with Gasteiger partial charge in [0.2, 0.25) is 0 Å². The van der Waals surface area contributed by atoms with Gasteiger partial charge in [-0.05, 0) is 37.7 Å². The fourth-order valence-corrected chi connectivity index (χ4v) is 4.83. The maximum atomic E-state index is 6.20. The first-order valence-electron chi connectivity index (χ1n) is 11.3. The number of hydrogen-bond acceptors (Lipinski definition) is 3. The van der Waals surface area contributed by atoms with Gasteiger partial charge in [-0.15, -0.1) is 0 Å². The molecule has 0 radical (unpaired) electrons. The number of nitrogens with one attached hydrogen (secondary N) is 1. The lowest BCUT2D eigenvalue weighted by molar-refractivity contribution is -0.0267. The van der Waals surface area contributed by atoms with Crippen LogP contribution in [0, 0.1) is 18.8 Å². The monoisotopic (exact) mass is 409 g/mol. The number of hydrogen-bond donors (Lipinski definition) is 1. The van der Waals surface area contributed by atoms with Gasteiger partial charge in [0.15, 0.2) is 5.96 Å². The molecule has 2 aliphatic heterocycles. The van der Waals surface area contributed by atoms with E-state index in [9.17, 15) is 0 Å². The highest BCUT2D eigenvalue weighted by Gasteiger charge is 2.31. The molecule has 0 bridgehead atoms. The predicted octanol–water partition coefficient (Wildman–Crippen LogP) is 3.82. The third-order valence-electron chi connectivity index (χ3n) is 6.71. The van der Waals surface area contributed by atoms with Crippen LogP contribution in [0.1, 0.15) is 49.5 Å². The van der Waals surface area contributed by atoms with Gasteiger partial charge in [0, 0.05) is 51.6 Å². The van der Waals surface area contributed by atoms with Crippen LogP contribution in [-0.4, -0.2) is 53.7 Å². The van der Waals surface area contributed by atoms with Crippen LogP contribution in [0.2, 0.25) is 0 Å². The Morgan fingerprint density at radius 2 is 2.10 bits per heavy atom. The topological polar surface area (TPSA) is 54.7 Å². The smallest absolute Gasteiger partial charge is 0.193 e. The van der Waals surface area contributed by atoms with Crippen molar-refractivity contribution in [2.45, 2.75) is 45.3 Å². The van der Waals surface area contributed by atoms with Crippen LogP contribution in [-0.2, 0) is 4.74 Å². The van der Waals surface area contributed by atoms with Crippen LogP contribution in [0.15, 0.2) is 48.0 Å². The fourth-order valence-electron chi connectivity index (χ4n) is 4.83. The van der Waals surface area contributed by atoms with E-state index < -0.39 is 0 Å². The fraction of sp³-hybridized carbons (Fsp3) is 0.583. The van der Waals surface area contributed by atoms with Gasteiger partial charge in [0.25, 0.3) is 0 Å². The van der Waals surface area contributed by atoms with Crippen LogP contribution >= 0.6 is 0 Å². The number of guanidine groups is 1. The lowest BCUT2D eigenvalue weighted by atomic mass is 9.89. The molecular formula is C24H35N5O. The number of benzene rings is 1. The number of aliphatic imine (C=N–C) groups is 1. The van der Waals surface area contributed by atoms with Gasteiger partial charge in [0.05, 0.1) is 18.5 Å². The molecule has 162 valence electrons. The number of aromatic nitrogens is 2. The largest absolute Gasteiger partial charge is 0.373 e. The van der Waals surface area contributed by atoms with Gasteiger partial charge in [-0.2, -0.15) is 0 Å². The maximum absolute atomic E-state index is 6.20. The Bertz CT molecular complexity index is 817. The first kappa shape index (κ1) is 20.9. The Kier molecular flexibility index (Phi) is 6.72. The number of piperidine rings is 1. The van der Waals surface area contributed by atoms with E-state index in [1.165, 1.54) is 17.5 Å². The van der Waals surface area contributed by atoms with E-state index in [0.717, 1.165) is 45.0 Å². The summed E-state index contributed by atoms with van der Waals surface area (Å²) in [6.45, 7) is 8.19. The molecule has 30 heavy (non-hydrogen) atoms. The molecule has 1 aromatic heterocycles. The third kappa shape index (κ3) is 4.69. The Morgan fingerprint density at radius 3 is 2.83 bits per heavy atom. The Balaban J connectivity index is 1.40. The van der Waals surface area contributed by atoms with Crippen LogP contribution in [0.3, 0.4) is 0 Å². The van der Waals surface area contributed by atoms with Crippen LogP contribution in [0.5, 0.6) is 0 Å². The molecule has 3 heterocycles. The van der Waals surface area contributed by atoms with Crippen LogP contribution in [0.25, 0.3) is 0 Å². The molecule has 0 saturated carbocycles. The quantitative estimate of drug-likeness (QED) is 0.616. The van der Waals surface area contributed by atoms with Crippen LogP contribution in [0.4, 0.5) is 0 Å². The van der Waals surface area contributed by atoms with Crippen molar-refractivity contribution in [3.63, 3.8) is 0 Å². The van der Waals surface area contributed by atoms with Crippen molar-refractivity contribution < 1.29 is 4.74 Å². The number of imidazole rings is 1. The van der Waals surface area contributed by atoms with Crippen molar-refractivity contribution >= 4 is 5.96 Å². The number of rotatable bonds is 4. The molecule has 4 rings (SSSR count). The summed E-state index contributed by atoms with van der Waals surface area (Å²) in [4.78, 5) is 11.3. The van der Waals surface area contributed by atoms with Gasteiger partial charge in [-0.1, -0.05) is 36.8 Å². The molecule has 2 aliphatic rings. The Morgan fingerprint density at radius 1 is 1.27 bits per heavy atom. The first-order chi connectivity index (χ1) is 14.7. The normalized spacial score (nSPS) is 27.8. The molecule has 2 fully saturated rings. The predicted molar refractivity (Wildman–Crippen MR) is 121 cm³/mol. The number of nitrogens with zero attached hydrogens (tertiary/aromatic N) is 4. The zero-order chi connectivity index (χ0) is 20.9. The molecule has 1 aromatic carbocycles. The van der Waals surface area contributed by atoms with Crippen molar-refractivity contribution in [2.75, 3.05) is 33.3 Å². The molecule has 4 unspecified atom stereocenters. The Hall–Kier alpha value is -2.34. The molecule has 4 atom stereocenters. The van der Waals surface area contributed by atoms with E-state index in [1.54, 1.807) is 0 Å². The van der Waals surface area contributed by atoms with Gasteiger partial charge >= 0.3 is 0 Å². The lowest BCUT2D eigenvalue weighted by Gasteiger charge is -2.40. The molecule has 2 saturated heterocycles. The van der Waals surface area contributed by atoms with Crippen molar-refractivity contribution in [2.24, 2.45) is 16.8 Å². The second-order valence-corrected chi connectivity index (χ2v) is 8.82. The minimum atomic E-state index is 0.157. The average Bonchev–Trinajstić information content (AvgIpc) is 3.31. The molecule has 1 N–H and O–H groups in total. The maximum Gasteiger partial charge on any atom is 0.193 e. The van der Waals surface area contributed by atoms with Gasteiger partial charge < -0.3 is 19.5 Å². The highest BCUT2D eigenvalue weighted by molar-refractivity contribution is 5.80. The number of likely N-dealkylation sites (tertiary alicyclic amines) is 1. The molecule has 6 heteroatoms. The second-order valence-electron chi connectivity index (χ2n) is 8.82. The summed E-state index contributed by atoms with van der Waals surface area (Å²) >= 11 is 0. The number of aryl methyl sites for hydroxylation is 1. The van der Waals surface area contributed by atoms with Crippen molar-refractivity contribution in [3.8, 4) is 0 Å². The lowest BCUT2D eigenvalue weighted by Crippen LogP contribution is -2.50. The standard InChI is InChI=1S/C24H35N5O/c1-18-6-8-20(9-7-18)23-21(5-4-14-30-23)15-27-24(25-3)28-12-10-19(2)22(16-28)29-13-11-26-17-29/h6-9,11,13,17,19,21-23H,4-5,10,12,14-16H2,1-3H3,(H,25,27). The zero-order valence-corrected chi connectivity index (χ0v) is 18.5. The molecule has 0 spiro atoms. The van der Waals surface area contributed by atoms with E-state index in [-0.39, 0.29) is 6.10 Å². The molecule has 0 amide bonds. The summed E-state index contributed by atoms with van der Waals surface area (Å²) < 4.78 is 8.45. The highest BCUT2D eigenvalue weighted by Crippen LogP contribution is 2.33. The summed E-state index contributed by atoms with van der Waals surface area (Å²) in [5.41, 5.74) is 2.57. The number of ether oxygens (including phenoxy) is 1. The first-order valence-corrected chi connectivity index (χ1v) is 11.3. The zero-order valence-electron chi connectivity index (χ0n) is 18.5. The molecule has 6 nitrogen and oxygen atoms in total.